The number of carbonyl (C=O) groups excluding carboxylic acids is 1. The Morgan fingerprint density at radius 2 is 2.05 bits per heavy atom. The maximum absolute atomic E-state index is 12.4. The first-order valence-corrected chi connectivity index (χ1v) is 7.46. The van der Waals surface area contributed by atoms with Crippen LogP contribution in [0.3, 0.4) is 0 Å². The fourth-order valence-corrected chi connectivity index (χ4v) is 2.54. The topological polar surface area (TPSA) is 45.2 Å². The highest BCUT2D eigenvalue weighted by molar-refractivity contribution is 9.10. The van der Waals surface area contributed by atoms with Crippen molar-refractivity contribution in [2.45, 2.75) is 6.92 Å². The summed E-state index contributed by atoms with van der Waals surface area (Å²) in [6.07, 6.45) is 1.49. The lowest BCUT2D eigenvalue weighted by Crippen LogP contribution is -2.17. The summed E-state index contributed by atoms with van der Waals surface area (Å²) in [5.74, 6) is -0.284. The Labute approximate surface area is 137 Å². The number of aryl methyl sites for hydroxylation is 1. The largest absolute Gasteiger partial charge is 0.376 e. The molecule has 1 amide bonds. The average molecular weight is 369 g/mol. The summed E-state index contributed by atoms with van der Waals surface area (Å²) in [4.78, 5) is 18.4. The molecule has 1 aromatic heterocycles. The lowest BCUT2D eigenvalue weighted by Gasteiger charge is -2.18. The molecule has 0 aliphatic heterocycles. The predicted molar refractivity (Wildman–Crippen MR) is 90.4 cm³/mol. The van der Waals surface area contributed by atoms with Crippen molar-refractivity contribution in [3.63, 3.8) is 0 Å². The number of halogens is 2. The second-order valence-electron chi connectivity index (χ2n) is 4.82. The molecule has 21 heavy (non-hydrogen) atoms. The molecular weight excluding hydrogens is 354 g/mol. The lowest BCUT2D eigenvalue weighted by molar-refractivity contribution is 0.102. The Balaban J connectivity index is 2.33. The van der Waals surface area contributed by atoms with E-state index in [1.807, 2.05) is 44.1 Å². The number of nitrogens with zero attached hydrogens (tertiary/aromatic N) is 2. The number of hydrogen-bond donors (Lipinski definition) is 1. The van der Waals surface area contributed by atoms with Crippen LogP contribution in [0.2, 0.25) is 5.02 Å². The molecule has 0 radical (unpaired) electrons. The molecule has 1 N–H and O–H groups in total. The van der Waals surface area contributed by atoms with Gasteiger partial charge in [-0.25, -0.2) is 0 Å². The van der Waals surface area contributed by atoms with E-state index in [1.54, 1.807) is 6.07 Å². The molecule has 0 aliphatic rings. The van der Waals surface area contributed by atoms with Gasteiger partial charge in [-0.1, -0.05) is 27.5 Å². The minimum absolute atomic E-state index is 0.284. The van der Waals surface area contributed by atoms with Crippen LogP contribution in [0.25, 0.3) is 0 Å². The molecule has 1 aromatic carbocycles. The second kappa shape index (κ2) is 6.45. The van der Waals surface area contributed by atoms with Gasteiger partial charge in [0.15, 0.2) is 0 Å². The Morgan fingerprint density at radius 1 is 1.33 bits per heavy atom. The number of nitrogens with one attached hydrogen (secondary N) is 1. The number of anilines is 2. The van der Waals surface area contributed by atoms with Gasteiger partial charge in [0, 0.05) is 30.5 Å². The van der Waals surface area contributed by atoms with Crippen LogP contribution in [-0.4, -0.2) is 25.0 Å². The smallest absolute Gasteiger partial charge is 0.258 e. The lowest BCUT2D eigenvalue weighted by atomic mass is 10.2. The number of hydrogen-bond acceptors (Lipinski definition) is 3. The summed E-state index contributed by atoms with van der Waals surface area (Å²) in [5, 5.41) is 3.26. The summed E-state index contributed by atoms with van der Waals surface area (Å²) in [5.41, 5.74) is 2.73. The molecule has 1 heterocycles. The molecule has 0 atom stereocenters. The zero-order valence-corrected chi connectivity index (χ0v) is 14.3. The van der Waals surface area contributed by atoms with E-state index in [9.17, 15) is 4.79 Å². The highest BCUT2D eigenvalue weighted by atomic mass is 79.9. The Hall–Kier alpha value is -1.59. The third-order valence-electron chi connectivity index (χ3n) is 2.92. The molecule has 4 nitrogen and oxygen atoms in total. The van der Waals surface area contributed by atoms with Crippen LogP contribution in [0.4, 0.5) is 11.4 Å². The van der Waals surface area contributed by atoms with Gasteiger partial charge >= 0.3 is 0 Å². The third-order valence-corrected chi connectivity index (χ3v) is 3.73. The van der Waals surface area contributed by atoms with E-state index in [1.165, 1.54) is 6.20 Å². The zero-order valence-electron chi connectivity index (χ0n) is 11.9. The molecule has 110 valence electrons. The van der Waals surface area contributed by atoms with Gasteiger partial charge in [-0.3, -0.25) is 9.78 Å². The van der Waals surface area contributed by atoms with Crippen molar-refractivity contribution in [1.82, 2.24) is 4.98 Å². The molecule has 0 unspecified atom stereocenters. The van der Waals surface area contributed by atoms with Gasteiger partial charge in [0.2, 0.25) is 0 Å². The van der Waals surface area contributed by atoms with Crippen LogP contribution in [0.5, 0.6) is 0 Å². The Bertz CT molecular complexity index is 689. The third kappa shape index (κ3) is 3.74. The van der Waals surface area contributed by atoms with Crippen LogP contribution < -0.4 is 10.2 Å². The predicted octanol–water partition coefficient (Wildman–Crippen LogP) is 4.12. The molecule has 0 saturated heterocycles. The number of carbonyl (C=O) groups is 1. The van der Waals surface area contributed by atoms with Gasteiger partial charge in [0.25, 0.3) is 5.91 Å². The summed E-state index contributed by atoms with van der Waals surface area (Å²) in [6.45, 7) is 1.83. The van der Waals surface area contributed by atoms with Crippen molar-refractivity contribution in [2.24, 2.45) is 0 Å². The number of amides is 1. The fourth-order valence-electron chi connectivity index (χ4n) is 1.88. The van der Waals surface area contributed by atoms with Crippen LogP contribution in [-0.2, 0) is 0 Å². The van der Waals surface area contributed by atoms with Gasteiger partial charge in [-0.2, -0.15) is 0 Å². The minimum atomic E-state index is -0.284. The summed E-state index contributed by atoms with van der Waals surface area (Å²) in [7, 11) is 3.83. The van der Waals surface area contributed by atoms with E-state index in [-0.39, 0.29) is 5.91 Å². The van der Waals surface area contributed by atoms with Crippen LogP contribution in [0.15, 0.2) is 34.9 Å². The first kappa shape index (κ1) is 15.8. The molecule has 2 rings (SSSR count). The first-order chi connectivity index (χ1) is 9.88. The van der Waals surface area contributed by atoms with Crippen molar-refractivity contribution >= 4 is 44.8 Å². The van der Waals surface area contributed by atoms with Crippen molar-refractivity contribution < 1.29 is 4.79 Å². The highest BCUT2D eigenvalue weighted by Crippen LogP contribution is 2.29. The average Bonchev–Trinajstić information content (AvgIpc) is 2.37. The fraction of sp³-hybridized carbons (Fsp3) is 0.200. The van der Waals surface area contributed by atoms with Gasteiger partial charge in [-0.05, 0) is 31.2 Å². The summed E-state index contributed by atoms with van der Waals surface area (Å²) < 4.78 is 0.886. The summed E-state index contributed by atoms with van der Waals surface area (Å²) >= 11 is 9.51. The monoisotopic (exact) mass is 367 g/mol. The molecule has 6 heteroatoms. The van der Waals surface area contributed by atoms with E-state index in [2.05, 4.69) is 26.2 Å². The zero-order chi connectivity index (χ0) is 15.6. The molecule has 0 aliphatic carbocycles. The maximum Gasteiger partial charge on any atom is 0.258 e. The Kier molecular flexibility index (Phi) is 4.85. The molecular formula is C15H15BrClN3O. The quantitative estimate of drug-likeness (QED) is 0.886. The number of rotatable bonds is 3. The van der Waals surface area contributed by atoms with Gasteiger partial charge in [-0.15, -0.1) is 0 Å². The van der Waals surface area contributed by atoms with Gasteiger partial charge in [0.1, 0.15) is 0 Å². The number of aromatic nitrogens is 1. The SMILES string of the molecule is Cc1cc(Cl)c(C(=O)Nc2cc(Br)ccc2N(C)C)cn1. The van der Waals surface area contributed by atoms with Crippen molar-refractivity contribution in [3.05, 3.63) is 51.2 Å². The van der Waals surface area contributed by atoms with E-state index in [0.29, 0.717) is 16.3 Å². The van der Waals surface area contributed by atoms with E-state index >= 15 is 0 Å². The number of benzene rings is 1. The van der Waals surface area contributed by atoms with Crippen molar-refractivity contribution in [3.8, 4) is 0 Å². The molecule has 0 spiro atoms. The van der Waals surface area contributed by atoms with Crippen molar-refractivity contribution in [2.75, 3.05) is 24.3 Å². The van der Waals surface area contributed by atoms with E-state index in [0.717, 1.165) is 15.9 Å². The van der Waals surface area contributed by atoms with Crippen LogP contribution in [0.1, 0.15) is 16.1 Å². The standard InChI is InChI=1S/C15H15BrClN3O/c1-9-6-12(17)11(8-18-9)15(21)19-13-7-10(16)4-5-14(13)20(2)3/h4-8H,1-3H3,(H,19,21). The summed E-state index contributed by atoms with van der Waals surface area (Å²) in [6, 6.07) is 7.37. The second-order valence-corrected chi connectivity index (χ2v) is 6.14. The highest BCUT2D eigenvalue weighted by Gasteiger charge is 2.14. The van der Waals surface area contributed by atoms with Gasteiger partial charge < -0.3 is 10.2 Å². The maximum atomic E-state index is 12.4. The van der Waals surface area contributed by atoms with Crippen LogP contribution >= 0.6 is 27.5 Å². The van der Waals surface area contributed by atoms with E-state index in [4.69, 9.17) is 11.6 Å². The Morgan fingerprint density at radius 3 is 2.67 bits per heavy atom. The molecule has 0 saturated carbocycles. The van der Waals surface area contributed by atoms with E-state index < -0.39 is 0 Å². The van der Waals surface area contributed by atoms with Crippen LogP contribution in [0, 0.1) is 6.92 Å². The first-order valence-electron chi connectivity index (χ1n) is 6.29. The molecule has 2 aromatic rings. The number of pyridine rings is 1. The van der Waals surface area contributed by atoms with Gasteiger partial charge in [0.05, 0.1) is 22.0 Å². The molecule has 0 bridgehead atoms. The molecule has 0 fully saturated rings. The normalized spacial score (nSPS) is 10.3. The minimum Gasteiger partial charge on any atom is -0.376 e. The van der Waals surface area contributed by atoms with Crippen molar-refractivity contribution in [1.29, 1.82) is 0 Å².